The third-order valence-electron chi connectivity index (χ3n) is 3.22. The highest BCUT2D eigenvalue weighted by molar-refractivity contribution is 7.71. The van der Waals surface area contributed by atoms with Crippen LogP contribution in [0, 0.1) is 4.77 Å². The third-order valence-corrected chi connectivity index (χ3v) is 3.43. The molecule has 0 saturated heterocycles. The van der Waals surface area contributed by atoms with Gasteiger partial charge in [-0.1, -0.05) is 0 Å². The van der Waals surface area contributed by atoms with Crippen molar-refractivity contribution in [2.45, 2.75) is 19.5 Å². The molecular formula is C13H14N4S. The van der Waals surface area contributed by atoms with E-state index in [0.29, 0.717) is 4.77 Å². The summed E-state index contributed by atoms with van der Waals surface area (Å²) in [6.07, 6.45) is 6.60. The van der Waals surface area contributed by atoms with Crippen LogP contribution in [0.2, 0.25) is 0 Å². The molecule has 0 amide bonds. The molecule has 3 rings (SSSR count). The maximum absolute atomic E-state index is 5.07. The van der Waals surface area contributed by atoms with Crippen molar-refractivity contribution < 1.29 is 0 Å². The Morgan fingerprint density at radius 1 is 1.33 bits per heavy atom. The van der Waals surface area contributed by atoms with Gasteiger partial charge in [0.1, 0.15) is 0 Å². The number of H-pyrrole nitrogens is 1. The number of aromatic nitrogens is 3. The molecule has 0 atom stereocenters. The minimum Gasteiger partial charge on any atom is -0.333 e. The van der Waals surface area contributed by atoms with Crippen molar-refractivity contribution >= 4 is 12.2 Å². The van der Waals surface area contributed by atoms with Gasteiger partial charge in [0.2, 0.25) is 0 Å². The summed E-state index contributed by atoms with van der Waals surface area (Å²) in [6.45, 7) is 2.91. The van der Waals surface area contributed by atoms with Crippen LogP contribution in [0.25, 0.3) is 0 Å². The van der Waals surface area contributed by atoms with Crippen LogP contribution in [0.1, 0.15) is 16.8 Å². The summed E-state index contributed by atoms with van der Waals surface area (Å²) in [6, 6.07) is 4.12. The lowest BCUT2D eigenvalue weighted by atomic mass is 10.1. The van der Waals surface area contributed by atoms with Crippen molar-refractivity contribution in [1.82, 2.24) is 19.9 Å². The van der Waals surface area contributed by atoms with E-state index in [2.05, 4.69) is 32.0 Å². The average Bonchev–Trinajstić information content (AvgIpc) is 2.39. The van der Waals surface area contributed by atoms with Crippen molar-refractivity contribution in [3.05, 3.63) is 52.3 Å². The van der Waals surface area contributed by atoms with Crippen molar-refractivity contribution in [3.8, 4) is 0 Å². The Bertz CT molecular complexity index is 593. The Labute approximate surface area is 111 Å². The van der Waals surface area contributed by atoms with Crippen LogP contribution in [-0.4, -0.2) is 26.4 Å². The van der Waals surface area contributed by atoms with Gasteiger partial charge in [0.05, 0.1) is 0 Å². The fourth-order valence-electron chi connectivity index (χ4n) is 2.28. The fourth-order valence-corrected chi connectivity index (χ4v) is 2.45. The average molecular weight is 258 g/mol. The van der Waals surface area contributed by atoms with Crippen molar-refractivity contribution in [2.75, 3.05) is 6.54 Å². The summed E-state index contributed by atoms with van der Waals surface area (Å²) in [4.78, 5) is 13.8. The van der Waals surface area contributed by atoms with Gasteiger partial charge in [0.15, 0.2) is 4.77 Å². The number of fused-ring (bicyclic) bond motifs is 1. The molecule has 0 saturated carbocycles. The first-order valence-electron chi connectivity index (χ1n) is 5.99. The smallest absolute Gasteiger partial charge is 0.196 e. The Kier molecular flexibility index (Phi) is 3.17. The maximum atomic E-state index is 5.07. The first-order valence-corrected chi connectivity index (χ1v) is 6.40. The molecule has 4 nitrogen and oxygen atoms in total. The van der Waals surface area contributed by atoms with E-state index in [1.807, 2.05) is 18.6 Å². The molecule has 2 aromatic heterocycles. The second kappa shape index (κ2) is 4.96. The van der Waals surface area contributed by atoms with Gasteiger partial charge in [-0.25, -0.2) is 4.98 Å². The van der Waals surface area contributed by atoms with Gasteiger partial charge in [0.25, 0.3) is 0 Å². The summed E-state index contributed by atoms with van der Waals surface area (Å²) in [5, 5.41) is 0. The Morgan fingerprint density at radius 2 is 2.17 bits per heavy atom. The van der Waals surface area contributed by atoms with E-state index < -0.39 is 0 Å². The molecule has 0 aliphatic carbocycles. The molecule has 0 aromatic carbocycles. The number of hydrogen-bond acceptors (Lipinski definition) is 4. The van der Waals surface area contributed by atoms with E-state index in [4.69, 9.17) is 12.2 Å². The van der Waals surface area contributed by atoms with Gasteiger partial charge in [-0.2, -0.15) is 0 Å². The minimum absolute atomic E-state index is 0.569. The highest BCUT2D eigenvalue weighted by Crippen LogP contribution is 2.17. The topological polar surface area (TPSA) is 44.8 Å². The Hall–Kier alpha value is -1.59. The van der Waals surface area contributed by atoms with Gasteiger partial charge >= 0.3 is 0 Å². The number of hydrogen-bond donors (Lipinski definition) is 1. The predicted molar refractivity (Wildman–Crippen MR) is 71.5 cm³/mol. The van der Waals surface area contributed by atoms with Gasteiger partial charge in [-0.3, -0.25) is 9.88 Å². The molecule has 0 radical (unpaired) electrons. The predicted octanol–water partition coefficient (Wildman–Crippen LogP) is 2.09. The van der Waals surface area contributed by atoms with Crippen LogP contribution in [0.5, 0.6) is 0 Å². The summed E-state index contributed by atoms with van der Waals surface area (Å²) >= 11 is 5.07. The molecule has 1 aliphatic heterocycles. The molecule has 0 fully saturated rings. The molecule has 0 spiro atoms. The summed E-state index contributed by atoms with van der Waals surface area (Å²) in [5.74, 6) is 0. The number of pyridine rings is 1. The number of nitrogens with zero attached hydrogens (tertiary/aromatic N) is 3. The quantitative estimate of drug-likeness (QED) is 0.838. The largest absolute Gasteiger partial charge is 0.333 e. The molecular weight excluding hydrogens is 244 g/mol. The van der Waals surface area contributed by atoms with Crippen molar-refractivity contribution in [2.24, 2.45) is 0 Å². The zero-order chi connectivity index (χ0) is 12.4. The van der Waals surface area contributed by atoms with E-state index in [1.54, 1.807) is 0 Å². The number of aromatic amines is 1. The van der Waals surface area contributed by atoms with Crippen molar-refractivity contribution in [1.29, 1.82) is 0 Å². The van der Waals surface area contributed by atoms with Crippen LogP contribution >= 0.6 is 12.2 Å². The molecule has 0 unspecified atom stereocenters. The summed E-state index contributed by atoms with van der Waals surface area (Å²) < 4.78 is 0.569. The molecule has 18 heavy (non-hydrogen) atoms. The van der Waals surface area contributed by atoms with Gasteiger partial charge in [-0.15, -0.1) is 0 Å². The van der Waals surface area contributed by atoms with Crippen LogP contribution in [0.15, 0.2) is 30.7 Å². The van der Waals surface area contributed by atoms with E-state index in [0.717, 1.165) is 26.1 Å². The van der Waals surface area contributed by atoms with E-state index >= 15 is 0 Å². The monoisotopic (exact) mass is 258 g/mol. The standard InChI is InChI=1S/C13H14N4S/c18-13-15-7-11-3-6-17(9-12(11)16-13)8-10-1-4-14-5-2-10/h1-2,4-5,7H,3,6,8-9H2,(H,15,16,18). The molecule has 1 N–H and O–H groups in total. The lowest BCUT2D eigenvalue weighted by molar-refractivity contribution is 0.241. The first kappa shape index (κ1) is 11.5. The zero-order valence-corrected chi connectivity index (χ0v) is 10.8. The normalized spacial score (nSPS) is 15.3. The second-order valence-corrected chi connectivity index (χ2v) is 4.89. The maximum Gasteiger partial charge on any atom is 0.196 e. The molecule has 1 aliphatic rings. The summed E-state index contributed by atoms with van der Waals surface area (Å²) in [5.41, 5.74) is 3.78. The molecule has 92 valence electrons. The first-order chi connectivity index (χ1) is 8.81. The Balaban J connectivity index is 1.77. The Morgan fingerprint density at radius 3 is 3.00 bits per heavy atom. The summed E-state index contributed by atoms with van der Waals surface area (Å²) in [7, 11) is 0. The van der Waals surface area contributed by atoms with Crippen LogP contribution in [0.3, 0.4) is 0 Å². The number of rotatable bonds is 2. The third kappa shape index (κ3) is 2.47. The van der Waals surface area contributed by atoms with E-state index in [1.165, 1.54) is 16.8 Å². The lowest BCUT2D eigenvalue weighted by Gasteiger charge is -2.28. The van der Waals surface area contributed by atoms with Crippen LogP contribution < -0.4 is 0 Å². The number of nitrogens with one attached hydrogen (secondary N) is 1. The SMILES string of the molecule is S=c1ncc2c([nH]1)CN(Cc1ccncc1)CC2. The van der Waals surface area contributed by atoms with Gasteiger partial charge < -0.3 is 4.98 Å². The molecule has 0 bridgehead atoms. The molecule has 2 aromatic rings. The van der Waals surface area contributed by atoms with E-state index in [-0.39, 0.29) is 0 Å². The highest BCUT2D eigenvalue weighted by atomic mass is 32.1. The lowest BCUT2D eigenvalue weighted by Crippen LogP contribution is -2.31. The highest BCUT2D eigenvalue weighted by Gasteiger charge is 2.16. The van der Waals surface area contributed by atoms with Crippen LogP contribution in [-0.2, 0) is 19.5 Å². The van der Waals surface area contributed by atoms with Crippen LogP contribution in [0.4, 0.5) is 0 Å². The van der Waals surface area contributed by atoms with Gasteiger partial charge in [-0.05, 0) is 41.9 Å². The fraction of sp³-hybridized carbons (Fsp3) is 0.308. The van der Waals surface area contributed by atoms with Crippen molar-refractivity contribution in [3.63, 3.8) is 0 Å². The molecule has 3 heterocycles. The zero-order valence-electron chi connectivity index (χ0n) is 9.97. The van der Waals surface area contributed by atoms with Gasteiger partial charge in [0, 0.05) is 43.9 Å². The van der Waals surface area contributed by atoms with E-state index in [9.17, 15) is 0 Å². The molecule has 5 heteroatoms. The minimum atomic E-state index is 0.569. The second-order valence-electron chi connectivity index (χ2n) is 4.51.